The fraction of sp³-hybridized carbons (Fsp3) is 0.667. The lowest BCUT2D eigenvalue weighted by atomic mass is 9.65. The number of nitrogens with one attached hydrogen (secondary N) is 1. The summed E-state index contributed by atoms with van der Waals surface area (Å²) in [6, 6.07) is 1.58. The first-order valence-corrected chi connectivity index (χ1v) is 6.87. The van der Waals surface area contributed by atoms with Crippen molar-refractivity contribution in [1.29, 1.82) is 0 Å². The van der Waals surface area contributed by atoms with Crippen molar-refractivity contribution in [3.05, 3.63) is 29.8 Å². The fourth-order valence-electron chi connectivity index (χ4n) is 2.88. The Hall–Kier alpha value is -1.00. The molecule has 1 aromatic heterocycles. The van der Waals surface area contributed by atoms with E-state index in [1.165, 1.54) is 12.4 Å². The number of pyridine rings is 1. The molecule has 0 aliphatic heterocycles. The highest BCUT2D eigenvalue weighted by atomic mass is 19.1. The normalized spacial score (nSPS) is 33.1. The molecule has 1 aromatic rings. The maximum absolute atomic E-state index is 13.7. The largest absolute Gasteiger partial charge is 0.388 e. The highest BCUT2D eigenvalue weighted by Crippen LogP contribution is 2.48. The zero-order valence-electron chi connectivity index (χ0n) is 11.9. The SMILES string of the molecule is CNC1(C)CCC(C)([C@H](O)c2ccncc2F)CC1. The second-order valence-electron chi connectivity index (χ2n) is 6.26. The molecule has 0 radical (unpaired) electrons. The molecule has 0 spiro atoms. The number of aliphatic hydroxyl groups is 1. The van der Waals surface area contributed by atoms with Crippen LogP contribution in [-0.2, 0) is 0 Å². The Kier molecular flexibility index (Phi) is 3.92. The van der Waals surface area contributed by atoms with Crippen LogP contribution < -0.4 is 5.32 Å². The summed E-state index contributed by atoms with van der Waals surface area (Å²) in [7, 11) is 1.97. The standard InChI is InChI=1S/C15H23FN2O/c1-14(5-7-15(2,17-3)8-6-14)13(19)11-4-9-18-10-12(11)16/h4,9-10,13,17,19H,5-8H2,1-3H3/t13-,14?,15?/m1/s1. The predicted molar refractivity (Wildman–Crippen MR) is 73.2 cm³/mol. The van der Waals surface area contributed by atoms with Crippen LogP contribution >= 0.6 is 0 Å². The summed E-state index contributed by atoms with van der Waals surface area (Å²) in [6.07, 6.45) is 5.68. The third-order valence-electron chi connectivity index (χ3n) is 4.86. The van der Waals surface area contributed by atoms with Gasteiger partial charge in [-0.1, -0.05) is 6.92 Å². The highest BCUT2D eigenvalue weighted by Gasteiger charge is 2.42. The molecule has 4 heteroatoms. The highest BCUT2D eigenvalue weighted by molar-refractivity contribution is 5.19. The predicted octanol–water partition coefficient (Wildman–Crippen LogP) is 2.81. The molecule has 1 aliphatic rings. The summed E-state index contributed by atoms with van der Waals surface area (Å²) in [5, 5.41) is 13.9. The second-order valence-corrected chi connectivity index (χ2v) is 6.26. The van der Waals surface area contributed by atoms with Crippen LogP contribution in [-0.4, -0.2) is 22.7 Å². The zero-order valence-corrected chi connectivity index (χ0v) is 11.9. The summed E-state index contributed by atoms with van der Waals surface area (Å²) in [6.45, 7) is 4.25. The number of hydrogen-bond donors (Lipinski definition) is 2. The van der Waals surface area contributed by atoms with Crippen molar-refractivity contribution in [2.45, 2.75) is 51.2 Å². The molecule has 0 unspecified atom stereocenters. The summed E-state index contributed by atoms with van der Waals surface area (Å²) >= 11 is 0. The average Bonchev–Trinajstić information content (AvgIpc) is 2.42. The van der Waals surface area contributed by atoms with Gasteiger partial charge in [0.15, 0.2) is 0 Å². The number of nitrogens with zero attached hydrogens (tertiary/aromatic N) is 1. The van der Waals surface area contributed by atoms with Crippen LogP contribution in [0.1, 0.15) is 51.2 Å². The van der Waals surface area contributed by atoms with Gasteiger partial charge in [-0.3, -0.25) is 4.98 Å². The van der Waals surface area contributed by atoms with Gasteiger partial charge in [-0.2, -0.15) is 0 Å². The molecule has 1 fully saturated rings. The van der Waals surface area contributed by atoms with Crippen LogP contribution in [0.3, 0.4) is 0 Å². The topological polar surface area (TPSA) is 45.1 Å². The summed E-state index contributed by atoms with van der Waals surface area (Å²) in [4.78, 5) is 3.74. The van der Waals surface area contributed by atoms with Crippen molar-refractivity contribution in [2.24, 2.45) is 5.41 Å². The van der Waals surface area contributed by atoms with Gasteiger partial charge in [-0.05, 0) is 51.1 Å². The zero-order chi connectivity index (χ0) is 14.1. The molecule has 3 nitrogen and oxygen atoms in total. The van der Waals surface area contributed by atoms with Crippen LogP contribution in [0.4, 0.5) is 4.39 Å². The van der Waals surface area contributed by atoms with E-state index in [4.69, 9.17) is 0 Å². The molecule has 2 N–H and O–H groups in total. The van der Waals surface area contributed by atoms with Gasteiger partial charge in [-0.25, -0.2) is 4.39 Å². The van der Waals surface area contributed by atoms with Crippen molar-refractivity contribution in [1.82, 2.24) is 10.3 Å². The molecule has 1 aliphatic carbocycles. The Balaban J connectivity index is 2.16. The maximum Gasteiger partial charge on any atom is 0.147 e. The lowest BCUT2D eigenvalue weighted by molar-refractivity contribution is -0.0114. The second kappa shape index (κ2) is 5.17. The lowest BCUT2D eigenvalue weighted by Crippen LogP contribution is -2.46. The van der Waals surface area contributed by atoms with Crippen LogP contribution in [0, 0.1) is 11.2 Å². The van der Waals surface area contributed by atoms with Crippen LogP contribution in [0.15, 0.2) is 18.5 Å². The Morgan fingerprint density at radius 1 is 1.32 bits per heavy atom. The molecular formula is C15H23FN2O. The van der Waals surface area contributed by atoms with Crippen molar-refractivity contribution in [3.8, 4) is 0 Å². The number of aromatic nitrogens is 1. The van der Waals surface area contributed by atoms with E-state index in [0.29, 0.717) is 5.56 Å². The number of halogens is 1. The monoisotopic (exact) mass is 266 g/mol. The third-order valence-corrected chi connectivity index (χ3v) is 4.86. The third kappa shape index (κ3) is 2.79. The summed E-state index contributed by atoms with van der Waals surface area (Å²) in [5.74, 6) is -0.418. The van der Waals surface area contributed by atoms with E-state index in [2.05, 4.69) is 17.2 Å². The maximum atomic E-state index is 13.7. The van der Waals surface area contributed by atoms with E-state index in [1.807, 2.05) is 14.0 Å². The Morgan fingerprint density at radius 3 is 2.47 bits per heavy atom. The van der Waals surface area contributed by atoms with Gasteiger partial charge in [0.25, 0.3) is 0 Å². The van der Waals surface area contributed by atoms with Gasteiger partial charge >= 0.3 is 0 Å². The molecule has 106 valence electrons. The molecule has 0 aromatic carbocycles. The number of aliphatic hydroxyl groups excluding tert-OH is 1. The molecule has 19 heavy (non-hydrogen) atoms. The van der Waals surface area contributed by atoms with Crippen molar-refractivity contribution in [2.75, 3.05) is 7.05 Å². The van der Waals surface area contributed by atoms with Gasteiger partial charge in [0, 0.05) is 17.3 Å². The van der Waals surface area contributed by atoms with E-state index >= 15 is 0 Å². The van der Waals surface area contributed by atoms with E-state index in [0.717, 1.165) is 25.7 Å². The molecule has 2 rings (SSSR count). The minimum Gasteiger partial charge on any atom is -0.388 e. The average molecular weight is 266 g/mol. The number of rotatable bonds is 3. The van der Waals surface area contributed by atoms with Gasteiger partial charge in [0.1, 0.15) is 5.82 Å². The molecule has 1 heterocycles. The molecule has 1 saturated carbocycles. The fourth-order valence-corrected chi connectivity index (χ4v) is 2.88. The van der Waals surface area contributed by atoms with Crippen molar-refractivity contribution in [3.63, 3.8) is 0 Å². The number of hydrogen-bond acceptors (Lipinski definition) is 3. The first kappa shape index (κ1) is 14.4. The van der Waals surface area contributed by atoms with E-state index in [1.54, 1.807) is 6.07 Å². The van der Waals surface area contributed by atoms with E-state index in [9.17, 15) is 9.50 Å². The van der Waals surface area contributed by atoms with E-state index in [-0.39, 0.29) is 11.0 Å². The first-order chi connectivity index (χ1) is 8.90. The Labute approximate surface area is 114 Å². The minimum absolute atomic E-state index is 0.135. The molecule has 0 amide bonds. The van der Waals surface area contributed by atoms with E-state index < -0.39 is 11.9 Å². The summed E-state index contributed by atoms with van der Waals surface area (Å²) < 4.78 is 13.7. The van der Waals surface area contributed by atoms with Gasteiger partial charge in [0.05, 0.1) is 12.3 Å². The van der Waals surface area contributed by atoms with Crippen LogP contribution in [0.2, 0.25) is 0 Å². The smallest absolute Gasteiger partial charge is 0.147 e. The molecule has 0 saturated heterocycles. The minimum atomic E-state index is -0.767. The van der Waals surface area contributed by atoms with Gasteiger partial charge < -0.3 is 10.4 Å². The van der Waals surface area contributed by atoms with Crippen LogP contribution in [0.5, 0.6) is 0 Å². The van der Waals surface area contributed by atoms with Crippen molar-refractivity contribution < 1.29 is 9.50 Å². The lowest BCUT2D eigenvalue weighted by Gasteiger charge is -2.45. The molecular weight excluding hydrogens is 243 g/mol. The summed E-state index contributed by atoms with van der Waals surface area (Å²) in [5.41, 5.74) is 0.236. The Morgan fingerprint density at radius 2 is 1.95 bits per heavy atom. The quantitative estimate of drug-likeness (QED) is 0.884. The van der Waals surface area contributed by atoms with Crippen LogP contribution in [0.25, 0.3) is 0 Å². The molecule has 1 atom stereocenters. The molecule has 0 bridgehead atoms. The Bertz CT molecular complexity index is 442. The van der Waals surface area contributed by atoms with Crippen molar-refractivity contribution >= 4 is 0 Å². The van der Waals surface area contributed by atoms with Gasteiger partial charge in [-0.15, -0.1) is 0 Å². The van der Waals surface area contributed by atoms with Gasteiger partial charge in [0.2, 0.25) is 0 Å². The first-order valence-electron chi connectivity index (χ1n) is 6.87.